The topological polar surface area (TPSA) is 26.3 Å². The molecule has 1 atom stereocenters. The molecule has 0 bridgehead atoms. The summed E-state index contributed by atoms with van der Waals surface area (Å²) in [6.07, 6.45) is 3.97. The van der Waals surface area contributed by atoms with Gasteiger partial charge < -0.3 is 4.74 Å². The van der Waals surface area contributed by atoms with Gasteiger partial charge in [-0.15, -0.1) is 0 Å². The van der Waals surface area contributed by atoms with Crippen LogP contribution >= 0.6 is 0 Å². The first-order chi connectivity index (χ1) is 6.99. The maximum absolute atomic E-state index is 11.9. The predicted molar refractivity (Wildman–Crippen MR) is 63.7 cm³/mol. The first kappa shape index (κ1) is 14.5. The van der Waals surface area contributed by atoms with Gasteiger partial charge >= 0.3 is 5.97 Å². The van der Waals surface area contributed by atoms with Gasteiger partial charge in [-0.1, -0.05) is 40.5 Å². The first-order valence-electron chi connectivity index (χ1n) is 6.16. The van der Waals surface area contributed by atoms with Crippen molar-refractivity contribution >= 4 is 5.97 Å². The molecule has 90 valence electrons. The van der Waals surface area contributed by atoms with Crippen LogP contribution in [0.15, 0.2) is 0 Å². The molecule has 0 rings (SSSR count). The quantitative estimate of drug-likeness (QED) is 0.476. The number of esters is 1. The van der Waals surface area contributed by atoms with Crippen molar-refractivity contribution in [2.24, 2.45) is 11.3 Å². The highest BCUT2D eigenvalue weighted by Gasteiger charge is 2.36. The standard InChI is InChI=1S/C13H26O2/c1-6-8-10-15-12(14)13(5,9-7-2)11(3)4/h11H,6-10H2,1-5H3. The van der Waals surface area contributed by atoms with E-state index in [0.717, 1.165) is 25.7 Å². The average Bonchev–Trinajstić information content (AvgIpc) is 2.18. The highest BCUT2D eigenvalue weighted by atomic mass is 16.5. The number of rotatable bonds is 7. The van der Waals surface area contributed by atoms with Crippen molar-refractivity contribution in [3.63, 3.8) is 0 Å². The summed E-state index contributed by atoms with van der Waals surface area (Å²) in [5.41, 5.74) is -0.303. The minimum absolute atomic E-state index is 0.0206. The van der Waals surface area contributed by atoms with Gasteiger partial charge in [0, 0.05) is 0 Å². The molecule has 0 radical (unpaired) electrons. The zero-order valence-corrected chi connectivity index (χ0v) is 10.9. The Kier molecular flexibility index (Phi) is 6.62. The Bertz CT molecular complexity index is 187. The summed E-state index contributed by atoms with van der Waals surface area (Å²) < 4.78 is 5.32. The van der Waals surface area contributed by atoms with Crippen LogP contribution in [0.5, 0.6) is 0 Å². The van der Waals surface area contributed by atoms with Crippen molar-refractivity contribution in [2.75, 3.05) is 6.61 Å². The Morgan fingerprint density at radius 1 is 1.27 bits per heavy atom. The number of carbonyl (C=O) groups is 1. The highest BCUT2D eigenvalue weighted by Crippen LogP contribution is 2.33. The molecule has 15 heavy (non-hydrogen) atoms. The van der Waals surface area contributed by atoms with Crippen LogP contribution in [-0.4, -0.2) is 12.6 Å². The lowest BCUT2D eigenvalue weighted by Gasteiger charge is -2.30. The van der Waals surface area contributed by atoms with Gasteiger partial charge in [-0.25, -0.2) is 0 Å². The molecule has 0 saturated heterocycles. The van der Waals surface area contributed by atoms with Crippen LogP contribution in [0.25, 0.3) is 0 Å². The number of carbonyl (C=O) groups excluding carboxylic acids is 1. The highest BCUT2D eigenvalue weighted by molar-refractivity contribution is 5.76. The van der Waals surface area contributed by atoms with Crippen molar-refractivity contribution in [3.05, 3.63) is 0 Å². The summed E-state index contributed by atoms with van der Waals surface area (Å²) in [5.74, 6) is 0.319. The summed E-state index contributed by atoms with van der Waals surface area (Å²) in [6, 6.07) is 0. The third kappa shape index (κ3) is 4.23. The van der Waals surface area contributed by atoms with Crippen LogP contribution in [0, 0.1) is 11.3 Å². The Morgan fingerprint density at radius 2 is 1.87 bits per heavy atom. The van der Waals surface area contributed by atoms with E-state index in [2.05, 4.69) is 27.7 Å². The second-order valence-corrected chi connectivity index (χ2v) is 4.81. The molecule has 0 spiro atoms. The Morgan fingerprint density at radius 3 is 2.27 bits per heavy atom. The van der Waals surface area contributed by atoms with Gasteiger partial charge in [-0.3, -0.25) is 4.79 Å². The molecule has 0 aromatic heterocycles. The summed E-state index contributed by atoms with van der Waals surface area (Å²) in [4.78, 5) is 11.9. The molecule has 0 N–H and O–H groups in total. The smallest absolute Gasteiger partial charge is 0.312 e. The van der Waals surface area contributed by atoms with Crippen molar-refractivity contribution in [1.29, 1.82) is 0 Å². The van der Waals surface area contributed by atoms with Gasteiger partial charge in [0.05, 0.1) is 12.0 Å². The molecule has 0 fully saturated rings. The SMILES string of the molecule is CCCCOC(=O)C(C)(CCC)C(C)C. The van der Waals surface area contributed by atoms with E-state index in [4.69, 9.17) is 4.74 Å². The molecule has 0 aromatic carbocycles. The van der Waals surface area contributed by atoms with E-state index in [1.165, 1.54) is 0 Å². The van der Waals surface area contributed by atoms with Gasteiger partial charge in [0.1, 0.15) is 0 Å². The van der Waals surface area contributed by atoms with Crippen LogP contribution in [0.3, 0.4) is 0 Å². The van der Waals surface area contributed by atoms with Gasteiger partial charge in [-0.2, -0.15) is 0 Å². The summed E-state index contributed by atoms with van der Waals surface area (Å²) in [5, 5.41) is 0. The lowest BCUT2D eigenvalue weighted by atomic mass is 9.75. The van der Waals surface area contributed by atoms with E-state index < -0.39 is 0 Å². The maximum Gasteiger partial charge on any atom is 0.312 e. The second kappa shape index (κ2) is 6.86. The maximum atomic E-state index is 11.9. The van der Waals surface area contributed by atoms with Crippen molar-refractivity contribution < 1.29 is 9.53 Å². The number of ether oxygens (including phenoxy) is 1. The molecule has 0 amide bonds. The van der Waals surface area contributed by atoms with Gasteiger partial charge in [-0.05, 0) is 25.7 Å². The number of unbranched alkanes of at least 4 members (excludes halogenated alkanes) is 1. The van der Waals surface area contributed by atoms with E-state index in [9.17, 15) is 4.79 Å². The molecule has 0 aromatic rings. The largest absolute Gasteiger partial charge is 0.465 e. The Labute approximate surface area is 94.4 Å². The van der Waals surface area contributed by atoms with Crippen molar-refractivity contribution in [1.82, 2.24) is 0 Å². The third-order valence-electron chi connectivity index (χ3n) is 3.24. The van der Waals surface area contributed by atoms with E-state index in [-0.39, 0.29) is 11.4 Å². The normalized spacial score (nSPS) is 15.1. The minimum atomic E-state index is -0.303. The predicted octanol–water partition coefficient (Wildman–Crippen LogP) is 3.79. The van der Waals surface area contributed by atoms with Crippen molar-refractivity contribution in [3.8, 4) is 0 Å². The molecule has 2 heteroatoms. The lowest BCUT2D eigenvalue weighted by molar-refractivity contribution is -0.158. The van der Waals surface area contributed by atoms with E-state index in [1.54, 1.807) is 0 Å². The third-order valence-corrected chi connectivity index (χ3v) is 3.24. The number of hydrogen-bond acceptors (Lipinski definition) is 2. The van der Waals surface area contributed by atoms with Crippen LogP contribution in [-0.2, 0) is 9.53 Å². The molecule has 1 unspecified atom stereocenters. The van der Waals surface area contributed by atoms with Crippen molar-refractivity contribution in [2.45, 2.75) is 60.3 Å². The Hall–Kier alpha value is -0.530. The zero-order valence-electron chi connectivity index (χ0n) is 10.9. The summed E-state index contributed by atoms with van der Waals surface area (Å²) >= 11 is 0. The molecule has 0 aliphatic heterocycles. The second-order valence-electron chi connectivity index (χ2n) is 4.81. The molecular weight excluding hydrogens is 188 g/mol. The summed E-state index contributed by atoms with van der Waals surface area (Å²) in [7, 11) is 0. The van der Waals surface area contributed by atoms with Crippen LogP contribution < -0.4 is 0 Å². The lowest BCUT2D eigenvalue weighted by Crippen LogP contribution is -2.35. The zero-order chi connectivity index (χ0) is 11.9. The van der Waals surface area contributed by atoms with E-state index in [1.807, 2.05) is 6.92 Å². The number of hydrogen-bond donors (Lipinski definition) is 0. The minimum Gasteiger partial charge on any atom is -0.465 e. The fourth-order valence-corrected chi connectivity index (χ4v) is 1.62. The van der Waals surface area contributed by atoms with Crippen LogP contribution in [0.1, 0.15) is 60.3 Å². The summed E-state index contributed by atoms with van der Waals surface area (Å²) in [6.45, 7) is 11.0. The monoisotopic (exact) mass is 214 g/mol. The molecule has 0 saturated carbocycles. The molecule has 2 nitrogen and oxygen atoms in total. The molecule has 0 aliphatic rings. The van der Waals surface area contributed by atoms with Gasteiger partial charge in [0.25, 0.3) is 0 Å². The van der Waals surface area contributed by atoms with E-state index in [0.29, 0.717) is 12.5 Å². The molecule has 0 heterocycles. The molecule has 0 aliphatic carbocycles. The first-order valence-corrected chi connectivity index (χ1v) is 6.16. The van der Waals surface area contributed by atoms with E-state index >= 15 is 0 Å². The van der Waals surface area contributed by atoms with Crippen LogP contribution in [0.4, 0.5) is 0 Å². The van der Waals surface area contributed by atoms with Gasteiger partial charge in [0.2, 0.25) is 0 Å². The fraction of sp³-hybridized carbons (Fsp3) is 0.923. The molecular formula is C13H26O2. The average molecular weight is 214 g/mol. The fourth-order valence-electron chi connectivity index (χ4n) is 1.62. The Balaban J connectivity index is 4.29. The van der Waals surface area contributed by atoms with Crippen LogP contribution in [0.2, 0.25) is 0 Å². The van der Waals surface area contributed by atoms with Gasteiger partial charge in [0.15, 0.2) is 0 Å².